The van der Waals surface area contributed by atoms with E-state index in [0.717, 1.165) is 5.56 Å². The summed E-state index contributed by atoms with van der Waals surface area (Å²) < 4.78 is 21.3. The molecular formula is C30H27NO8. The number of hydrogen-bond acceptors (Lipinski definition) is 8. The van der Waals surface area contributed by atoms with Crippen molar-refractivity contribution in [3.05, 3.63) is 99.6 Å². The monoisotopic (exact) mass is 529 g/mol. The lowest BCUT2D eigenvalue weighted by molar-refractivity contribution is -0.533. The summed E-state index contributed by atoms with van der Waals surface area (Å²) in [5, 5.41) is 12.7. The van der Waals surface area contributed by atoms with E-state index in [9.17, 15) is 19.7 Å². The minimum absolute atomic E-state index is 0.0302. The lowest BCUT2D eigenvalue weighted by atomic mass is 9.64. The van der Waals surface area contributed by atoms with E-state index < -0.39 is 29.6 Å². The molecular weight excluding hydrogens is 502 g/mol. The second kappa shape index (κ2) is 11.0. The zero-order chi connectivity index (χ0) is 27.5. The number of ether oxygens (including phenoxy) is 4. The van der Waals surface area contributed by atoms with Gasteiger partial charge in [0.25, 0.3) is 0 Å². The van der Waals surface area contributed by atoms with Crippen LogP contribution in [0, 0.1) is 16.0 Å². The van der Waals surface area contributed by atoms with Gasteiger partial charge >= 0.3 is 0 Å². The maximum Gasteiger partial charge on any atom is 0.231 e. The fraction of sp³-hybridized carbons (Fsp3) is 0.267. The van der Waals surface area contributed by atoms with Crippen LogP contribution < -0.4 is 18.9 Å². The van der Waals surface area contributed by atoms with Gasteiger partial charge in [0.1, 0.15) is 17.3 Å². The van der Waals surface area contributed by atoms with Gasteiger partial charge in [0.15, 0.2) is 17.3 Å². The van der Waals surface area contributed by atoms with Crippen LogP contribution in [0.15, 0.2) is 72.8 Å². The second-order valence-corrected chi connectivity index (χ2v) is 9.45. The highest BCUT2D eigenvalue weighted by Gasteiger charge is 2.54. The van der Waals surface area contributed by atoms with Crippen LogP contribution in [0.5, 0.6) is 23.0 Å². The SMILES string of the molecule is COc1ccc(/C=C/C(=O)C2C(=O)C[C@H](c3ccc(OC)cc3)[C@H]([N+](=O)[O-])[C@H]2c2ccc3c(c2)OCO3)cc1. The Morgan fingerprint density at radius 2 is 1.54 bits per heavy atom. The number of fused-ring (bicyclic) bond motifs is 1. The topological polar surface area (TPSA) is 114 Å². The van der Waals surface area contributed by atoms with Crippen molar-refractivity contribution in [1.29, 1.82) is 0 Å². The minimum Gasteiger partial charge on any atom is -0.497 e. The third-order valence-corrected chi connectivity index (χ3v) is 7.34. The largest absolute Gasteiger partial charge is 0.497 e. The van der Waals surface area contributed by atoms with Crippen LogP contribution in [0.2, 0.25) is 0 Å². The van der Waals surface area contributed by atoms with Crippen molar-refractivity contribution >= 4 is 17.6 Å². The molecule has 0 N–H and O–H groups in total. The highest BCUT2D eigenvalue weighted by molar-refractivity contribution is 6.10. The standard InChI is InChI=1S/C30H27NO8/c1-36-21-9-3-18(4-10-21)5-13-24(32)29-25(33)16-23(19-6-11-22(37-2)12-7-19)30(31(34)35)28(29)20-8-14-26-27(15-20)39-17-38-26/h3-15,23,28-30H,16-17H2,1-2H3/b13-5+/t23-,28+,29?,30+/m1/s1. The number of ketones is 2. The lowest BCUT2D eigenvalue weighted by Gasteiger charge is -2.36. The number of rotatable bonds is 8. The Morgan fingerprint density at radius 1 is 0.923 bits per heavy atom. The van der Waals surface area contributed by atoms with E-state index in [1.165, 1.54) is 13.2 Å². The summed E-state index contributed by atoms with van der Waals surface area (Å²) in [5.41, 5.74) is 1.84. The molecule has 1 heterocycles. The molecule has 2 aliphatic rings. The Labute approximate surface area is 225 Å². The van der Waals surface area contributed by atoms with Crippen LogP contribution >= 0.6 is 0 Å². The maximum atomic E-state index is 13.6. The van der Waals surface area contributed by atoms with Crippen LogP contribution in [0.3, 0.4) is 0 Å². The molecule has 39 heavy (non-hydrogen) atoms. The summed E-state index contributed by atoms with van der Waals surface area (Å²) in [6, 6.07) is 17.7. The van der Waals surface area contributed by atoms with Crippen molar-refractivity contribution in [3.63, 3.8) is 0 Å². The predicted molar refractivity (Wildman–Crippen MR) is 142 cm³/mol. The van der Waals surface area contributed by atoms with Gasteiger partial charge in [-0.25, -0.2) is 0 Å². The molecule has 3 aromatic carbocycles. The number of carbonyl (C=O) groups excluding carboxylic acids is 2. The smallest absolute Gasteiger partial charge is 0.231 e. The normalized spacial score (nSPS) is 22.1. The van der Waals surface area contributed by atoms with E-state index in [1.807, 2.05) is 0 Å². The molecule has 1 saturated carbocycles. The number of hydrogen-bond donors (Lipinski definition) is 0. The number of allylic oxidation sites excluding steroid dienone is 1. The molecule has 200 valence electrons. The zero-order valence-corrected chi connectivity index (χ0v) is 21.4. The first-order valence-electron chi connectivity index (χ1n) is 12.4. The number of benzene rings is 3. The molecule has 3 aromatic rings. The summed E-state index contributed by atoms with van der Waals surface area (Å²) in [6.45, 7) is 0.0302. The molecule has 0 bridgehead atoms. The van der Waals surface area contributed by atoms with Crippen LogP contribution in [-0.2, 0) is 9.59 Å². The first kappa shape index (κ1) is 26.0. The average Bonchev–Trinajstić information content (AvgIpc) is 3.43. The fourth-order valence-electron chi connectivity index (χ4n) is 5.40. The number of nitrogens with zero attached hydrogens (tertiary/aromatic N) is 1. The van der Waals surface area contributed by atoms with E-state index in [-0.39, 0.29) is 23.9 Å². The van der Waals surface area contributed by atoms with Gasteiger partial charge in [-0.2, -0.15) is 0 Å². The van der Waals surface area contributed by atoms with Crippen molar-refractivity contribution in [2.75, 3.05) is 21.0 Å². The lowest BCUT2D eigenvalue weighted by Crippen LogP contribution is -2.48. The molecule has 9 nitrogen and oxygen atoms in total. The third kappa shape index (κ3) is 5.20. The first-order valence-corrected chi connectivity index (χ1v) is 12.4. The van der Waals surface area contributed by atoms with Crippen molar-refractivity contribution in [2.45, 2.75) is 24.3 Å². The number of carbonyl (C=O) groups is 2. The van der Waals surface area contributed by atoms with Crippen molar-refractivity contribution < 1.29 is 33.5 Å². The summed E-state index contributed by atoms with van der Waals surface area (Å²) >= 11 is 0. The molecule has 5 rings (SSSR count). The van der Waals surface area contributed by atoms with Gasteiger partial charge in [-0.05, 0) is 59.2 Å². The Morgan fingerprint density at radius 3 is 2.18 bits per heavy atom. The highest BCUT2D eigenvalue weighted by atomic mass is 16.7. The van der Waals surface area contributed by atoms with E-state index in [2.05, 4.69) is 0 Å². The van der Waals surface area contributed by atoms with Crippen LogP contribution in [0.4, 0.5) is 0 Å². The number of nitro groups is 1. The van der Waals surface area contributed by atoms with Gasteiger partial charge in [0, 0.05) is 11.3 Å². The van der Waals surface area contributed by atoms with Gasteiger partial charge in [-0.3, -0.25) is 19.7 Å². The molecule has 1 aliphatic heterocycles. The number of Topliss-reactive ketones (excluding diaryl/α,β-unsaturated/α-hetero) is 1. The molecule has 4 atom stereocenters. The van der Waals surface area contributed by atoms with Gasteiger partial charge in [0.2, 0.25) is 12.8 Å². The van der Waals surface area contributed by atoms with Crippen molar-refractivity contribution in [1.82, 2.24) is 0 Å². The number of methoxy groups -OCH3 is 2. The van der Waals surface area contributed by atoms with Gasteiger partial charge < -0.3 is 18.9 Å². The third-order valence-electron chi connectivity index (χ3n) is 7.34. The van der Waals surface area contributed by atoms with Gasteiger partial charge in [0.05, 0.1) is 32.0 Å². The Hall–Kier alpha value is -4.66. The summed E-state index contributed by atoms with van der Waals surface area (Å²) in [6.07, 6.45) is 2.80. The summed E-state index contributed by atoms with van der Waals surface area (Å²) in [7, 11) is 3.09. The predicted octanol–water partition coefficient (Wildman–Crippen LogP) is 4.82. The molecule has 0 radical (unpaired) electrons. The quantitative estimate of drug-likeness (QED) is 0.177. The molecule has 0 amide bonds. The van der Waals surface area contributed by atoms with Crippen molar-refractivity contribution in [3.8, 4) is 23.0 Å². The van der Waals surface area contributed by atoms with Gasteiger partial charge in [-0.1, -0.05) is 36.4 Å². The van der Waals surface area contributed by atoms with Crippen molar-refractivity contribution in [2.24, 2.45) is 5.92 Å². The molecule has 0 saturated heterocycles. The first-order chi connectivity index (χ1) is 18.9. The molecule has 1 unspecified atom stereocenters. The average molecular weight is 530 g/mol. The Bertz CT molecular complexity index is 1410. The van der Waals surface area contributed by atoms with Gasteiger partial charge in [-0.15, -0.1) is 0 Å². The van der Waals surface area contributed by atoms with E-state index >= 15 is 0 Å². The Kier molecular flexibility index (Phi) is 7.31. The Balaban J connectivity index is 1.55. The molecule has 1 aliphatic carbocycles. The minimum atomic E-state index is -1.24. The molecule has 0 aromatic heterocycles. The summed E-state index contributed by atoms with van der Waals surface area (Å²) in [5.74, 6) is -1.62. The van der Waals surface area contributed by atoms with Crippen LogP contribution in [0.1, 0.15) is 34.9 Å². The van der Waals surface area contributed by atoms with E-state index in [4.69, 9.17) is 18.9 Å². The van der Waals surface area contributed by atoms with E-state index in [0.29, 0.717) is 34.1 Å². The van der Waals surface area contributed by atoms with E-state index in [1.54, 1.807) is 79.9 Å². The molecule has 1 fully saturated rings. The van der Waals surface area contributed by atoms with Crippen LogP contribution in [0.25, 0.3) is 6.08 Å². The highest BCUT2D eigenvalue weighted by Crippen LogP contribution is 2.47. The second-order valence-electron chi connectivity index (χ2n) is 9.45. The summed E-state index contributed by atoms with van der Waals surface area (Å²) in [4.78, 5) is 39.5. The maximum absolute atomic E-state index is 13.6. The van der Waals surface area contributed by atoms with Crippen LogP contribution in [-0.4, -0.2) is 43.5 Å². The molecule has 0 spiro atoms. The molecule has 9 heteroatoms. The fourth-order valence-corrected chi connectivity index (χ4v) is 5.40. The zero-order valence-electron chi connectivity index (χ0n) is 21.4.